The average Bonchev–Trinajstić information content (AvgIpc) is 2.42. The highest BCUT2D eigenvalue weighted by Crippen LogP contribution is 2.14. The molecule has 3 heteroatoms. The summed E-state index contributed by atoms with van der Waals surface area (Å²) in [4.78, 5) is 0. The molecule has 2 atom stereocenters. The maximum Gasteiger partial charge on any atom is 0.0963 e. The highest BCUT2D eigenvalue weighted by Gasteiger charge is 2.14. The minimum Gasteiger partial charge on any atom is -0.395 e. The van der Waals surface area contributed by atoms with E-state index in [4.69, 9.17) is 10.8 Å². The van der Waals surface area contributed by atoms with E-state index in [0.29, 0.717) is 0 Å². The van der Waals surface area contributed by atoms with Gasteiger partial charge in [-0.1, -0.05) is 58.0 Å². The fourth-order valence-corrected chi connectivity index (χ4v) is 0.997. The Hall–Kier alpha value is -0.900. The largest absolute Gasteiger partial charge is 0.395 e. The molecule has 0 saturated heterocycles. The van der Waals surface area contributed by atoms with Crippen LogP contribution in [0.2, 0.25) is 0 Å². The van der Waals surface area contributed by atoms with E-state index < -0.39 is 12.1 Å². The van der Waals surface area contributed by atoms with Crippen molar-refractivity contribution in [3.05, 3.63) is 35.9 Å². The van der Waals surface area contributed by atoms with Crippen molar-refractivity contribution < 1.29 is 10.2 Å². The van der Waals surface area contributed by atoms with Crippen molar-refractivity contribution in [3.63, 3.8) is 0 Å². The second-order valence-electron chi connectivity index (χ2n) is 2.70. The number of rotatable bonds is 3. The van der Waals surface area contributed by atoms with Crippen LogP contribution in [0.3, 0.4) is 0 Å². The number of benzene rings is 1. The van der Waals surface area contributed by atoms with Crippen molar-refractivity contribution in [1.29, 1.82) is 0 Å². The number of aliphatic hydroxyl groups is 2. The zero-order valence-corrected chi connectivity index (χ0v) is 10.7. The van der Waals surface area contributed by atoms with Crippen molar-refractivity contribution in [1.82, 2.24) is 0 Å². The fourth-order valence-electron chi connectivity index (χ4n) is 0.997. The van der Waals surface area contributed by atoms with Crippen molar-refractivity contribution >= 4 is 0 Å². The monoisotopic (exact) mass is 227 g/mol. The Balaban J connectivity index is 0. The van der Waals surface area contributed by atoms with Crippen LogP contribution in [0.4, 0.5) is 0 Å². The van der Waals surface area contributed by atoms with Gasteiger partial charge < -0.3 is 15.9 Å². The van der Waals surface area contributed by atoms with E-state index in [1.165, 1.54) is 0 Å². The Bertz CT molecular complexity index is 227. The predicted molar refractivity (Wildman–Crippen MR) is 69.2 cm³/mol. The highest BCUT2D eigenvalue weighted by atomic mass is 16.3. The highest BCUT2D eigenvalue weighted by molar-refractivity contribution is 5.18. The molecule has 16 heavy (non-hydrogen) atoms. The molecule has 0 heterocycles. The van der Waals surface area contributed by atoms with E-state index in [9.17, 15) is 5.11 Å². The van der Waals surface area contributed by atoms with Gasteiger partial charge in [0.25, 0.3) is 0 Å². The Labute approximate surface area is 98.9 Å². The summed E-state index contributed by atoms with van der Waals surface area (Å²) in [5.74, 6) is 0. The topological polar surface area (TPSA) is 66.5 Å². The lowest BCUT2D eigenvalue weighted by Gasteiger charge is -2.16. The number of hydrogen-bond donors (Lipinski definition) is 3. The molecule has 0 aliphatic rings. The minimum atomic E-state index is -0.781. The lowest BCUT2D eigenvalue weighted by atomic mass is 10.0. The molecule has 0 amide bonds. The second kappa shape index (κ2) is 12.2. The Kier molecular flexibility index (Phi) is 13.3. The summed E-state index contributed by atoms with van der Waals surface area (Å²) < 4.78 is 0. The Morgan fingerprint density at radius 3 is 1.88 bits per heavy atom. The molecule has 3 nitrogen and oxygen atoms in total. The molecule has 0 saturated carbocycles. The third-order valence-electron chi connectivity index (χ3n) is 1.76. The molecule has 0 bridgehead atoms. The molecular formula is C13H25NO2. The van der Waals surface area contributed by atoms with Crippen LogP contribution in [0.15, 0.2) is 30.3 Å². The van der Waals surface area contributed by atoms with E-state index in [-0.39, 0.29) is 6.61 Å². The molecule has 1 aromatic carbocycles. The summed E-state index contributed by atoms with van der Waals surface area (Å²) in [7, 11) is 0. The van der Waals surface area contributed by atoms with Gasteiger partial charge in [0.2, 0.25) is 0 Å². The van der Waals surface area contributed by atoms with E-state index in [1.807, 2.05) is 45.9 Å². The molecule has 4 N–H and O–H groups in total. The first-order chi connectivity index (χ1) is 7.75. The van der Waals surface area contributed by atoms with Gasteiger partial charge in [-0.15, -0.1) is 0 Å². The quantitative estimate of drug-likeness (QED) is 0.740. The van der Waals surface area contributed by atoms with Crippen molar-refractivity contribution in [3.8, 4) is 0 Å². The summed E-state index contributed by atoms with van der Waals surface area (Å²) in [5, 5.41) is 18.2. The molecule has 1 aromatic rings. The molecule has 0 aliphatic heterocycles. The van der Waals surface area contributed by atoms with Gasteiger partial charge in [0.1, 0.15) is 0 Å². The van der Waals surface area contributed by atoms with Gasteiger partial charge in [-0.05, 0) is 5.56 Å². The predicted octanol–water partition coefficient (Wildman–Crippen LogP) is 2.09. The standard InChI is InChI=1S/C9H13NO2.2C2H6/c10-8(6-11)9(12)7-4-2-1-3-5-7;2*1-2/h1-5,8-9,11-12H,6,10H2;2*1-2H3. The first-order valence-electron chi connectivity index (χ1n) is 5.85. The van der Waals surface area contributed by atoms with E-state index in [1.54, 1.807) is 12.1 Å². The summed E-state index contributed by atoms with van der Waals surface area (Å²) in [6.45, 7) is 7.79. The van der Waals surface area contributed by atoms with Gasteiger partial charge in [-0.2, -0.15) is 0 Å². The third kappa shape index (κ3) is 6.56. The van der Waals surface area contributed by atoms with Crippen LogP contribution in [-0.2, 0) is 0 Å². The number of nitrogens with two attached hydrogens (primary N) is 1. The van der Waals surface area contributed by atoms with Gasteiger partial charge >= 0.3 is 0 Å². The van der Waals surface area contributed by atoms with Crippen LogP contribution < -0.4 is 5.73 Å². The molecule has 0 fully saturated rings. The molecular weight excluding hydrogens is 202 g/mol. The molecule has 0 spiro atoms. The first-order valence-corrected chi connectivity index (χ1v) is 5.85. The van der Waals surface area contributed by atoms with Gasteiger partial charge in [0.05, 0.1) is 18.8 Å². The summed E-state index contributed by atoms with van der Waals surface area (Å²) in [6, 6.07) is 8.46. The Morgan fingerprint density at radius 1 is 1.06 bits per heavy atom. The average molecular weight is 227 g/mol. The second-order valence-corrected chi connectivity index (χ2v) is 2.70. The molecule has 0 aromatic heterocycles. The summed E-state index contributed by atoms with van der Waals surface area (Å²) in [6.07, 6.45) is -0.781. The van der Waals surface area contributed by atoms with Gasteiger partial charge in [-0.3, -0.25) is 0 Å². The zero-order valence-electron chi connectivity index (χ0n) is 10.7. The first kappa shape index (κ1) is 17.5. The van der Waals surface area contributed by atoms with Crippen LogP contribution in [0.25, 0.3) is 0 Å². The van der Waals surface area contributed by atoms with E-state index in [2.05, 4.69) is 0 Å². The van der Waals surface area contributed by atoms with E-state index >= 15 is 0 Å². The molecule has 0 radical (unpaired) electrons. The van der Waals surface area contributed by atoms with E-state index in [0.717, 1.165) is 5.56 Å². The third-order valence-corrected chi connectivity index (χ3v) is 1.76. The summed E-state index contributed by atoms with van der Waals surface area (Å²) >= 11 is 0. The number of aliphatic hydroxyl groups excluding tert-OH is 2. The van der Waals surface area contributed by atoms with Crippen LogP contribution >= 0.6 is 0 Å². The van der Waals surface area contributed by atoms with Crippen LogP contribution in [0, 0.1) is 0 Å². The van der Waals surface area contributed by atoms with Crippen LogP contribution in [0.5, 0.6) is 0 Å². The van der Waals surface area contributed by atoms with Gasteiger partial charge in [0.15, 0.2) is 0 Å². The minimum absolute atomic E-state index is 0.212. The lowest BCUT2D eigenvalue weighted by Crippen LogP contribution is -2.31. The van der Waals surface area contributed by atoms with Crippen LogP contribution in [0.1, 0.15) is 39.4 Å². The normalized spacial score (nSPS) is 12.4. The maximum absolute atomic E-state index is 9.50. The number of hydrogen-bond acceptors (Lipinski definition) is 3. The molecule has 2 unspecified atom stereocenters. The van der Waals surface area contributed by atoms with Crippen LogP contribution in [-0.4, -0.2) is 22.9 Å². The summed E-state index contributed by atoms with van der Waals surface area (Å²) in [5.41, 5.74) is 6.18. The molecule has 94 valence electrons. The fraction of sp³-hybridized carbons (Fsp3) is 0.538. The van der Waals surface area contributed by atoms with Crippen molar-refractivity contribution in [2.24, 2.45) is 5.73 Å². The SMILES string of the molecule is CC.CC.NC(CO)C(O)c1ccccc1. The Morgan fingerprint density at radius 2 is 1.50 bits per heavy atom. The maximum atomic E-state index is 9.50. The molecule has 0 aliphatic carbocycles. The van der Waals surface area contributed by atoms with Crippen molar-refractivity contribution in [2.45, 2.75) is 39.8 Å². The molecule has 1 rings (SSSR count). The van der Waals surface area contributed by atoms with Gasteiger partial charge in [-0.25, -0.2) is 0 Å². The van der Waals surface area contributed by atoms with Gasteiger partial charge in [0, 0.05) is 0 Å². The lowest BCUT2D eigenvalue weighted by molar-refractivity contribution is 0.109. The van der Waals surface area contributed by atoms with Crippen molar-refractivity contribution in [2.75, 3.05) is 6.61 Å². The smallest absolute Gasteiger partial charge is 0.0963 e. The zero-order chi connectivity index (χ0) is 13.0.